The molecule has 3 aromatic rings. The summed E-state index contributed by atoms with van der Waals surface area (Å²) in [6.07, 6.45) is 6.87. The minimum absolute atomic E-state index is 0.147. The molecule has 1 heterocycles. The maximum absolute atomic E-state index is 14.8. The van der Waals surface area contributed by atoms with E-state index in [2.05, 4.69) is 30.5 Å². The summed E-state index contributed by atoms with van der Waals surface area (Å²) in [5.41, 5.74) is 2.74. The van der Waals surface area contributed by atoms with Crippen LogP contribution in [0, 0.1) is 18.7 Å². The van der Waals surface area contributed by atoms with Crippen LogP contribution in [-0.4, -0.2) is 26.9 Å². The Morgan fingerprint density at radius 2 is 1.88 bits per heavy atom. The second-order valence-corrected chi connectivity index (χ2v) is 9.52. The predicted octanol–water partition coefficient (Wildman–Crippen LogP) is 6.68. The zero-order chi connectivity index (χ0) is 22.7. The molecular weight excluding hydrogens is 401 g/mol. The van der Waals surface area contributed by atoms with Crippen molar-refractivity contribution >= 4 is 16.9 Å². The molecule has 1 aliphatic carbocycles. The lowest BCUT2D eigenvalue weighted by Crippen LogP contribution is -2.34. The van der Waals surface area contributed by atoms with Crippen molar-refractivity contribution in [2.75, 3.05) is 6.54 Å². The number of aromatic nitrogens is 2. The van der Waals surface area contributed by atoms with Crippen molar-refractivity contribution < 1.29 is 9.18 Å². The molecule has 4 nitrogen and oxygen atoms in total. The summed E-state index contributed by atoms with van der Waals surface area (Å²) in [5.74, 6) is 0.676. The molecule has 0 atom stereocenters. The Hall–Kier alpha value is -2.69. The Labute approximate surface area is 190 Å². The summed E-state index contributed by atoms with van der Waals surface area (Å²) in [6, 6.07) is 13.7. The standard InChI is InChI=1S/C27H34FN3O/c1-19(2)16-17-30(27(32)22-13-9-10-20(3)26(22)28)18-25-29-23-14-7-8-15-24(23)31(25)21-11-5-4-6-12-21/h7-10,13-15,19,21H,4-6,11-12,16-18H2,1-3H3. The van der Waals surface area contributed by atoms with Crippen LogP contribution in [0.15, 0.2) is 42.5 Å². The SMILES string of the molecule is Cc1cccc(C(=O)N(CCC(C)C)Cc2nc3ccccc3n2C2CCCCC2)c1F. The fraction of sp³-hybridized carbons (Fsp3) is 0.481. The third-order valence-electron chi connectivity index (χ3n) is 6.63. The maximum Gasteiger partial charge on any atom is 0.257 e. The molecule has 0 saturated heterocycles. The number of rotatable bonds is 7. The topological polar surface area (TPSA) is 38.1 Å². The van der Waals surface area contributed by atoms with Crippen molar-refractivity contribution in [2.24, 2.45) is 5.92 Å². The first-order chi connectivity index (χ1) is 15.5. The fourth-order valence-electron chi connectivity index (χ4n) is 4.77. The van der Waals surface area contributed by atoms with Crippen LogP contribution in [0.5, 0.6) is 0 Å². The highest BCUT2D eigenvalue weighted by atomic mass is 19.1. The van der Waals surface area contributed by atoms with Crippen molar-refractivity contribution in [2.45, 2.75) is 71.9 Å². The fourth-order valence-corrected chi connectivity index (χ4v) is 4.77. The number of hydrogen-bond donors (Lipinski definition) is 0. The number of para-hydroxylation sites is 2. The van der Waals surface area contributed by atoms with Gasteiger partial charge in [-0.25, -0.2) is 9.37 Å². The molecule has 1 fully saturated rings. The van der Waals surface area contributed by atoms with Gasteiger partial charge in [0.25, 0.3) is 5.91 Å². The van der Waals surface area contributed by atoms with E-state index in [4.69, 9.17) is 4.98 Å². The number of halogens is 1. The van der Waals surface area contributed by atoms with E-state index < -0.39 is 5.82 Å². The van der Waals surface area contributed by atoms with Gasteiger partial charge in [0.05, 0.1) is 23.1 Å². The van der Waals surface area contributed by atoms with E-state index >= 15 is 0 Å². The number of fused-ring (bicyclic) bond motifs is 1. The first-order valence-corrected chi connectivity index (χ1v) is 12.0. The molecule has 0 aliphatic heterocycles. The van der Waals surface area contributed by atoms with Gasteiger partial charge in [-0.1, -0.05) is 57.4 Å². The van der Waals surface area contributed by atoms with Crippen molar-refractivity contribution in [1.82, 2.24) is 14.5 Å². The first kappa shape index (κ1) is 22.5. The molecule has 0 bridgehead atoms. The van der Waals surface area contributed by atoms with Crippen molar-refractivity contribution in [3.63, 3.8) is 0 Å². The monoisotopic (exact) mass is 435 g/mol. The number of amides is 1. The molecule has 0 N–H and O–H groups in total. The molecule has 0 unspecified atom stereocenters. The van der Waals surface area contributed by atoms with Crippen molar-refractivity contribution in [1.29, 1.82) is 0 Å². The highest BCUT2D eigenvalue weighted by molar-refractivity contribution is 5.94. The smallest absolute Gasteiger partial charge is 0.257 e. The van der Waals surface area contributed by atoms with E-state index in [1.807, 2.05) is 12.1 Å². The van der Waals surface area contributed by atoms with Gasteiger partial charge in [0.1, 0.15) is 11.6 Å². The molecule has 1 aliphatic rings. The molecule has 0 radical (unpaired) electrons. The Morgan fingerprint density at radius 3 is 2.62 bits per heavy atom. The zero-order valence-electron chi connectivity index (χ0n) is 19.5. The molecule has 4 rings (SSSR count). The average Bonchev–Trinajstić information content (AvgIpc) is 3.16. The van der Waals surface area contributed by atoms with E-state index in [0.717, 1.165) is 36.1 Å². The van der Waals surface area contributed by atoms with Gasteiger partial charge in [0.2, 0.25) is 0 Å². The van der Waals surface area contributed by atoms with Crippen molar-refractivity contribution in [3.8, 4) is 0 Å². The Kier molecular flexibility index (Phi) is 6.92. The van der Waals surface area contributed by atoms with Crippen LogP contribution in [-0.2, 0) is 6.54 Å². The molecular formula is C27H34FN3O. The Balaban J connectivity index is 1.72. The van der Waals surface area contributed by atoms with Crippen molar-refractivity contribution in [3.05, 3.63) is 65.2 Å². The van der Waals surface area contributed by atoms with Crippen LogP contribution in [0.1, 0.15) is 80.2 Å². The lowest BCUT2D eigenvalue weighted by molar-refractivity contribution is 0.0723. The summed E-state index contributed by atoms with van der Waals surface area (Å²) in [5, 5.41) is 0. The summed E-state index contributed by atoms with van der Waals surface area (Å²) in [4.78, 5) is 20.2. The van der Waals surface area contributed by atoms with Gasteiger partial charge in [-0.15, -0.1) is 0 Å². The quantitative estimate of drug-likeness (QED) is 0.415. The number of aryl methyl sites for hydroxylation is 1. The molecule has 1 saturated carbocycles. The second kappa shape index (κ2) is 9.85. The van der Waals surface area contributed by atoms with Crippen LogP contribution in [0.4, 0.5) is 4.39 Å². The molecule has 170 valence electrons. The van der Waals surface area contributed by atoms with Crippen LogP contribution < -0.4 is 0 Å². The summed E-state index contributed by atoms with van der Waals surface area (Å²) in [6.45, 7) is 6.97. The van der Waals surface area contributed by atoms with Gasteiger partial charge in [-0.3, -0.25) is 4.79 Å². The van der Waals surface area contributed by atoms with Gasteiger partial charge >= 0.3 is 0 Å². The van der Waals surface area contributed by atoms with Gasteiger partial charge in [0, 0.05) is 12.6 Å². The van der Waals surface area contributed by atoms with Gasteiger partial charge in [-0.2, -0.15) is 0 Å². The number of benzene rings is 2. The van der Waals surface area contributed by atoms with Crippen LogP contribution in [0.3, 0.4) is 0 Å². The molecule has 1 amide bonds. The highest BCUT2D eigenvalue weighted by Crippen LogP contribution is 2.33. The van der Waals surface area contributed by atoms with Crippen LogP contribution in [0.2, 0.25) is 0 Å². The predicted molar refractivity (Wildman–Crippen MR) is 127 cm³/mol. The largest absolute Gasteiger partial charge is 0.331 e. The number of hydrogen-bond acceptors (Lipinski definition) is 2. The average molecular weight is 436 g/mol. The van der Waals surface area contributed by atoms with E-state index in [9.17, 15) is 9.18 Å². The lowest BCUT2D eigenvalue weighted by atomic mass is 9.95. The molecule has 32 heavy (non-hydrogen) atoms. The lowest BCUT2D eigenvalue weighted by Gasteiger charge is -2.28. The summed E-state index contributed by atoms with van der Waals surface area (Å²) >= 11 is 0. The third kappa shape index (κ3) is 4.72. The van der Waals surface area contributed by atoms with E-state index in [0.29, 0.717) is 30.6 Å². The van der Waals surface area contributed by atoms with E-state index in [1.165, 1.54) is 19.3 Å². The van der Waals surface area contributed by atoms with Gasteiger partial charge < -0.3 is 9.47 Å². The van der Waals surface area contributed by atoms with Gasteiger partial charge in [-0.05, 0) is 55.9 Å². The molecule has 2 aromatic carbocycles. The minimum Gasteiger partial charge on any atom is -0.331 e. The van der Waals surface area contributed by atoms with E-state index in [1.54, 1.807) is 30.0 Å². The van der Waals surface area contributed by atoms with Crippen LogP contribution >= 0.6 is 0 Å². The number of imidazole rings is 1. The summed E-state index contributed by atoms with van der Waals surface area (Å²) in [7, 11) is 0. The zero-order valence-corrected chi connectivity index (χ0v) is 19.5. The third-order valence-corrected chi connectivity index (χ3v) is 6.63. The molecule has 0 spiro atoms. The second-order valence-electron chi connectivity index (χ2n) is 9.52. The Morgan fingerprint density at radius 1 is 1.12 bits per heavy atom. The first-order valence-electron chi connectivity index (χ1n) is 12.0. The number of carbonyl (C=O) groups is 1. The maximum atomic E-state index is 14.8. The van der Waals surface area contributed by atoms with E-state index in [-0.39, 0.29) is 11.5 Å². The number of nitrogens with zero attached hydrogens (tertiary/aromatic N) is 3. The van der Waals surface area contributed by atoms with Crippen LogP contribution in [0.25, 0.3) is 11.0 Å². The molecule has 1 aromatic heterocycles. The highest BCUT2D eigenvalue weighted by Gasteiger charge is 2.26. The molecule has 5 heteroatoms. The minimum atomic E-state index is -0.423. The van der Waals surface area contributed by atoms with Gasteiger partial charge in [0.15, 0.2) is 0 Å². The normalized spacial score (nSPS) is 14.9. The number of carbonyl (C=O) groups excluding carboxylic acids is 1. The Bertz CT molecular complexity index is 1080. The summed E-state index contributed by atoms with van der Waals surface area (Å²) < 4.78 is 17.2.